The zero-order valence-electron chi connectivity index (χ0n) is 19.4. The molecule has 8 nitrogen and oxygen atoms in total. The highest BCUT2D eigenvalue weighted by Crippen LogP contribution is 2.28. The number of hydrogen-bond donors (Lipinski definition) is 3. The molecule has 31 heavy (non-hydrogen) atoms. The molecule has 2 heterocycles. The number of piperidine rings is 2. The molecule has 2 aliphatic heterocycles. The molecule has 0 spiro atoms. The number of ether oxygens (including phenoxy) is 3. The van der Waals surface area contributed by atoms with Gasteiger partial charge in [-0.25, -0.2) is 4.79 Å². The van der Waals surface area contributed by atoms with E-state index in [4.69, 9.17) is 19.3 Å². The van der Waals surface area contributed by atoms with E-state index >= 15 is 0 Å². The minimum Gasteiger partial charge on any atom is -0.444 e. The minimum atomic E-state index is -0.438. The third-order valence-corrected chi connectivity index (χ3v) is 6.29. The molecular formula is C23H42N2O6. The molecule has 4 rings (SSSR count). The molecule has 4 fully saturated rings. The maximum absolute atomic E-state index is 11.9. The summed E-state index contributed by atoms with van der Waals surface area (Å²) in [6.07, 6.45) is 7.92. The molecule has 0 atom stereocenters. The number of likely N-dealkylation sites (tertiary alicyclic amines) is 1. The largest absolute Gasteiger partial charge is 0.444 e. The molecule has 0 aromatic heterocycles. The summed E-state index contributed by atoms with van der Waals surface area (Å²) in [5.74, 6) is 0. The Kier molecular flexibility index (Phi) is 8.99. The SMILES string of the molecule is CC(C)(C)OC(=O)N1CCC(OC2CC(O)C2)CC1.OC1CC(OC2CCNCC2)C1. The average Bonchev–Trinajstić information content (AvgIpc) is 2.66. The molecule has 0 aromatic carbocycles. The number of carbonyl (C=O) groups is 1. The molecule has 180 valence electrons. The molecule has 8 heteroatoms. The molecule has 2 saturated heterocycles. The van der Waals surface area contributed by atoms with E-state index in [-0.39, 0.29) is 30.5 Å². The van der Waals surface area contributed by atoms with Gasteiger partial charge >= 0.3 is 6.09 Å². The summed E-state index contributed by atoms with van der Waals surface area (Å²) in [5, 5.41) is 21.6. The number of amides is 1. The number of carbonyl (C=O) groups excluding carboxylic acids is 1. The van der Waals surface area contributed by atoms with Gasteiger partial charge in [0, 0.05) is 13.1 Å². The molecule has 3 N–H and O–H groups in total. The van der Waals surface area contributed by atoms with E-state index in [9.17, 15) is 9.90 Å². The Hall–Kier alpha value is -0.930. The molecular weight excluding hydrogens is 400 g/mol. The number of aliphatic hydroxyl groups excluding tert-OH is 2. The van der Waals surface area contributed by atoms with Crippen molar-refractivity contribution < 1.29 is 29.2 Å². The van der Waals surface area contributed by atoms with Gasteiger partial charge < -0.3 is 34.6 Å². The van der Waals surface area contributed by atoms with Gasteiger partial charge in [0.25, 0.3) is 0 Å². The Morgan fingerprint density at radius 2 is 1.26 bits per heavy atom. The maximum Gasteiger partial charge on any atom is 0.410 e. The lowest BCUT2D eigenvalue weighted by Crippen LogP contribution is -2.45. The Balaban J connectivity index is 0.000000194. The van der Waals surface area contributed by atoms with Crippen molar-refractivity contribution in [3.63, 3.8) is 0 Å². The van der Waals surface area contributed by atoms with E-state index < -0.39 is 5.60 Å². The second-order valence-corrected chi connectivity index (χ2v) is 10.4. The van der Waals surface area contributed by atoms with Crippen LogP contribution in [0.1, 0.15) is 72.1 Å². The highest BCUT2D eigenvalue weighted by Gasteiger charge is 2.33. The van der Waals surface area contributed by atoms with Crippen LogP contribution in [0.4, 0.5) is 4.79 Å². The van der Waals surface area contributed by atoms with Crippen LogP contribution in [0.2, 0.25) is 0 Å². The fraction of sp³-hybridized carbons (Fsp3) is 0.957. The lowest BCUT2D eigenvalue weighted by atomic mass is 9.92. The predicted octanol–water partition coefficient (Wildman–Crippen LogP) is 2.20. The van der Waals surface area contributed by atoms with E-state index in [1.165, 1.54) is 0 Å². The van der Waals surface area contributed by atoms with Crippen molar-refractivity contribution in [1.29, 1.82) is 0 Å². The van der Waals surface area contributed by atoms with Gasteiger partial charge in [0.2, 0.25) is 0 Å². The smallest absolute Gasteiger partial charge is 0.410 e. The van der Waals surface area contributed by atoms with E-state index in [1.807, 2.05) is 20.8 Å². The number of rotatable bonds is 4. The first kappa shape index (κ1) is 24.7. The van der Waals surface area contributed by atoms with Crippen LogP contribution in [0.25, 0.3) is 0 Å². The normalized spacial score (nSPS) is 32.4. The van der Waals surface area contributed by atoms with Crippen molar-refractivity contribution in [2.45, 2.75) is 114 Å². The number of nitrogens with one attached hydrogen (secondary N) is 1. The summed E-state index contributed by atoms with van der Waals surface area (Å²) in [5.41, 5.74) is -0.438. The maximum atomic E-state index is 11.9. The van der Waals surface area contributed by atoms with Gasteiger partial charge in [-0.05, 0) is 85.2 Å². The summed E-state index contributed by atoms with van der Waals surface area (Å²) in [6, 6.07) is 0. The monoisotopic (exact) mass is 442 g/mol. The molecule has 0 radical (unpaired) electrons. The molecule has 0 bridgehead atoms. The summed E-state index contributed by atoms with van der Waals surface area (Å²) in [7, 11) is 0. The van der Waals surface area contributed by atoms with E-state index in [2.05, 4.69) is 5.32 Å². The van der Waals surface area contributed by atoms with Crippen LogP contribution in [0, 0.1) is 0 Å². The van der Waals surface area contributed by atoms with Crippen molar-refractivity contribution in [3.05, 3.63) is 0 Å². The molecule has 2 aliphatic carbocycles. The minimum absolute atomic E-state index is 0.0864. The summed E-state index contributed by atoms with van der Waals surface area (Å²) < 4.78 is 17.0. The van der Waals surface area contributed by atoms with Crippen LogP contribution < -0.4 is 5.32 Å². The van der Waals surface area contributed by atoms with E-state index in [0.29, 0.717) is 25.3 Å². The quantitative estimate of drug-likeness (QED) is 0.614. The molecule has 2 saturated carbocycles. The van der Waals surface area contributed by atoms with Gasteiger partial charge in [-0.1, -0.05) is 0 Å². The Bertz CT molecular complexity index is 543. The zero-order chi connectivity index (χ0) is 22.4. The van der Waals surface area contributed by atoms with Crippen LogP contribution >= 0.6 is 0 Å². The van der Waals surface area contributed by atoms with Crippen LogP contribution in [-0.4, -0.2) is 89.6 Å². The predicted molar refractivity (Wildman–Crippen MR) is 117 cm³/mol. The van der Waals surface area contributed by atoms with Crippen molar-refractivity contribution >= 4 is 6.09 Å². The second-order valence-electron chi connectivity index (χ2n) is 10.4. The molecule has 0 unspecified atom stereocenters. The van der Waals surface area contributed by atoms with E-state index in [0.717, 1.165) is 64.5 Å². The standard InChI is InChI=1S/C14H25NO4.C9H17NO2/c1-14(2,3)19-13(17)15-6-4-11(5-7-15)18-12-8-10(16)9-12;11-7-5-9(6-7)12-8-1-3-10-4-2-8/h10-12,16H,4-9H2,1-3H3;7-11H,1-6H2. The van der Waals surface area contributed by atoms with Crippen molar-refractivity contribution in [2.75, 3.05) is 26.2 Å². The molecule has 1 amide bonds. The summed E-state index contributed by atoms with van der Waals surface area (Å²) in [4.78, 5) is 13.6. The van der Waals surface area contributed by atoms with Crippen LogP contribution in [0.3, 0.4) is 0 Å². The van der Waals surface area contributed by atoms with Crippen molar-refractivity contribution in [3.8, 4) is 0 Å². The number of aliphatic hydroxyl groups is 2. The zero-order valence-corrected chi connectivity index (χ0v) is 19.4. The Labute approximate surface area is 186 Å². The van der Waals surface area contributed by atoms with Gasteiger partial charge in [-0.3, -0.25) is 0 Å². The topological polar surface area (TPSA) is 100 Å². The third kappa shape index (κ3) is 8.50. The highest BCUT2D eigenvalue weighted by atomic mass is 16.6. The third-order valence-electron chi connectivity index (χ3n) is 6.29. The van der Waals surface area contributed by atoms with Crippen LogP contribution in [0.15, 0.2) is 0 Å². The average molecular weight is 443 g/mol. The van der Waals surface area contributed by atoms with E-state index in [1.54, 1.807) is 4.90 Å². The second kappa shape index (κ2) is 11.3. The van der Waals surface area contributed by atoms with Gasteiger partial charge in [0.05, 0.1) is 36.6 Å². The molecule has 4 aliphatic rings. The lowest BCUT2D eigenvalue weighted by molar-refractivity contribution is -0.116. The first-order valence-corrected chi connectivity index (χ1v) is 12.0. The molecule has 0 aromatic rings. The van der Waals surface area contributed by atoms with Crippen LogP contribution in [0.5, 0.6) is 0 Å². The highest BCUT2D eigenvalue weighted by molar-refractivity contribution is 5.68. The van der Waals surface area contributed by atoms with Gasteiger partial charge in [-0.2, -0.15) is 0 Å². The fourth-order valence-electron chi connectivity index (χ4n) is 4.27. The fourth-order valence-corrected chi connectivity index (χ4v) is 4.27. The summed E-state index contributed by atoms with van der Waals surface area (Å²) >= 11 is 0. The van der Waals surface area contributed by atoms with Crippen molar-refractivity contribution in [1.82, 2.24) is 10.2 Å². The number of hydrogen-bond acceptors (Lipinski definition) is 7. The lowest BCUT2D eigenvalue weighted by Gasteiger charge is -2.38. The first-order chi connectivity index (χ1) is 14.7. The first-order valence-electron chi connectivity index (χ1n) is 12.0. The van der Waals surface area contributed by atoms with Gasteiger partial charge in [-0.15, -0.1) is 0 Å². The van der Waals surface area contributed by atoms with Crippen molar-refractivity contribution in [2.24, 2.45) is 0 Å². The van der Waals surface area contributed by atoms with Gasteiger partial charge in [0.15, 0.2) is 0 Å². The summed E-state index contributed by atoms with van der Waals surface area (Å²) in [6.45, 7) is 9.18. The number of nitrogens with zero attached hydrogens (tertiary/aromatic N) is 1. The Morgan fingerprint density at radius 3 is 1.68 bits per heavy atom. The Morgan fingerprint density at radius 1 is 0.806 bits per heavy atom. The van der Waals surface area contributed by atoms with Crippen LogP contribution in [-0.2, 0) is 14.2 Å². The van der Waals surface area contributed by atoms with Gasteiger partial charge in [0.1, 0.15) is 5.60 Å².